The molecule has 1 aromatic carbocycles. The van der Waals surface area contributed by atoms with E-state index in [-0.39, 0.29) is 0 Å². The first-order valence-corrected chi connectivity index (χ1v) is 7.53. The monoisotopic (exact) mass is 270 g/mol. The third-order valence-electron chi connectivity index (χ3n) is 2.61. The molecule has 2 N–H and O–H groups in total. The zero-order valence-electron chi connectivity index (χ0n) is 10.7. The van der Waals surface area contributed by atoms with Gasteiger partial charge in [-0.2, -0.15) is 0 Å². The summed E-state index contributed by atoms with van der Waals surface area (Å²) < 4.78 is 22.5. The lowest BCUT2D eigenvalue weighted by Crippen LogP contribution is -2.31. The quantitative estimate of drug-likeness (QED) is 0.829. The van der Waals surface area contributed by atoms with Gasteiger partial charge in [-0.3, -0.25) is 4.79 Å². The second-order valence-corrected chi connectivity index (χ2v) is 6.55. The Balaban J connectivity index is 2.71. The molecule has 0 fully saturated rings. The van der Waals surface area contributed by atoms with Crippen molar-refractivity contribution in [3.8, 4) is 0 Å². The van der Waals surface area contributed by atoms with E-state index in [9.17, 15) is 13.2 Å². The fraction of sp³-hybridized carbons (Fsp3) is 0.417. The molecule has 5 nitrogen and oxygen atoms in total. The number of amides is 1. The molecule has 0 heterocycles. The van der Waals surface area contributed by atoms with E-state index in [4.69, 9.17) is 0 Å². The van der Waals surface area contributed by atoms with Crippen molar-refractivity contribution >= 4 is 21.4 Å². The van der Waals surface area contributed by atoms with Gasteiger partial charge in [-0.1, -0.05) is 12.1 Å². The number of sulfone groups is 1. The average Bonchev–Trinajstić information content (AvgIpc) is 2.30. The number of benzene rings is 1. The molecule has 1 rings (SSSR count). The van der Waals surface area contributed by atoms with Crippen LogP contribution in [0.25, 0.3) is 0 Å². The number of anilines is 1. The van der Waals surface area contributed by atoms with Crippen LogP contribution in [0.3, 0.4) is 0 Å². The highest BCUT2D eigenvalue weighted by Crippen LogP contribution is 2.11. The molecule has 100 valence electrons. The van der Waals surface area contributed by atoms with Crippen LogP contribution in [0.1, 0.15) is 12.5 Å². The van der Waals surface area contributed by atoms with Crippen molar-refractivity contribution in [1.82, 2.24) is 5.32 Å². The van der Waals surface area contributed by atoms with Crippen LogP contribution in [0.15, 0.2) is 24.3 Å². The molecule has 0 aliphatic carbocycles. The average molecular weight is 270 g/mol. The first-order chi connectivity index (χ1) is 8.34. The highest BCUT2D eigenvalue weighted by Gasteiger charge is 2.23. The second-order valence-electron chi connectivity index (χ2n) is 4.19. The Morgan fingerprint density at radius 3 is 2.28 bits per heavy atom. The fourth-order valence-corrected chi connectivity index (χ4v) is 1.80. The maximum absolute atomic E-state index is 11.7. The van der Waals surface area contributed by atoms with Gasteiger partial charge in [0.2, 0.25) is 5.91 Å². The van der Waals surface area contributed by atoms with E-state index in [1.54, 1.807) is 12.1 Å². The second kappa shape index (κ2) is 5.97. The summed E-state index contributed by atoms with van der Waals surface area (Å²) in [5.74, 6) is -0.515. The van der Waals surface area contributed by atoms with E-state index in [2.05, 4.69) is 10.6 Å². The van der Waals surface area contributed by atoms with Gasteiger partial charge in [-0.25, -0.2) is 8.42 Å². The van der Waals surface area contributed by atoms with Crippen LogP contribution in [0.2, 0.25) is 0 Å². The first kappa shape index (κ1) is 14.7. The van der Waals surface area contributed by atoms with Crippen molar-refractivity contribution in [1.29, 1.82) is 0 Å². The van der Waals surface area contributed by atoms with E-state index in [0.717, 1.165) is 18.4 Å². The molecule has 1 aromatic rings. The normalized spacial score (nSPS) is 13.1. The SMILES string of the molecule is CNCc1ccc(NC(=O)C(C)S(C)(=O)=O)cc1. The molecular weight excluding hydrogens is 252 g/mol. The summed E-state index contributed by atoms with van der Waals surface area (Å²) in [5, 5.41) is 4.55. The van der Waals surface area contributed by atoms with E-state index in [1.165, 1.54) is 6.92 Å². The molecule has 0 aromatic heterocycles. The number of hydrogen-bond acceptors (Lipinski definition) is 4. The summed E-state index contributed by atoms with van der Waals surface area (Å²) in [7, 11) is -1.51. The third-order valence-corrected chi connectivity index (χ3v) is 4.11. The van der Waals surface area contributed by atoms with E-state index < -0.39 is 21.0 Å². The Morgan fingerprint density at radius 2 is 1.83 bits per heavy atom. The maximum Gasteiger partial charge on any atom is 0.242 e. The van der Waals surface area contributed by atoms with E-state index in [0.29, 0.717) is 5.69 Å². The molecule has 0 radical (unpaired) electrons. The minimum absolute atomic E-state index is 0.515. The van der Waals surface area contributed by atoms with Crippen molar-refractivity contribution in [3.63, 3.8) is 0 Å². The Kier molecular flexibility index (Phi) is 4.86. The lowest BCUT2D eigenvalue weighted by atomic mass is 10.2. The molecule has 0 spiro atoms. The molecule has 0 saturated carbocycles. The summed E-state index contributed by atoms with van der Waals surface area (Å²) in [6.45, 7) is 2.12. The third kappa shape index (κ3) is 4.12. The highest BCUT2D eigenvalue weighted by atomic mass is 32.2. The van der Waals surface area contributed by atoms with Gasteiger partial charge >= 0.3 is 0 Å². The molecule has 0 aliphatic rings. The van der Waals surface area contributed by atoms with Gasteiger partial charge in [0.15, 0.2) is 9.84 Å². The Bertz CT molecular complexity index is 509. The fourth-order valence-electron chi connectivity index (χ4n) is 1.35. The van der Waals surface area contributed by atoms with Crippen LogP contribution in [0.5, 0.6) is 0 Å². The number of rotatable bonds is 5. The van der Waals surface area contributed by atoms with Gasteiger partial charge in [0, 0.05) is 18.5 Å². The number of carbonyl (C=O) groups is 1. The maximum atomic E-state index is 11.7. The van der Waals surface area contributed by atoms with Gasteiger partial charge in [0.1, 0.15) is 5.25 Å². The number of carbonyl (C=O) groups excluding carboxylic acids is 1. The Labute approximate surface area is 108 Å². The Morgan fingerprint density at radius 1 is 1.28 bits per heavy atom. The van der Waals surface area contributed by atoms with Gasteiger partial charge < -0.3 is 10.6 Å². The van der Waals surface area contributed by atoms with Crippen molar-refractivity contribution in [2.24, 2.45) is 0 Å². The molecule has 6 heteroatoms. The number of nitrogens with one attached hydrogen (secondary N) is 2. The van der Waals surface area contributed by atoms with Gasteiger partial charge in [-0.05, 0) is 31.7 Å². The van der Waals surface area contributed by atoms with Crippen LogP contribution < -0.4 is 10.6 Å². The predicted octanol–water partition coefficient (Wildman–Crippen LogP) is 0.778. The zero-order chi connectivity index (χ0) is 13.8. The van der Waals surface area contributed by atoms with Crippen molar-refractivity contribution in [3.05, 3.63) is 29.8 Å². The van der Waals surface area contributed by atoms with Crippen molar-refractivity contribution in [2.75, 3.05) is 18.6 Å². The summed E-state index contributed by atoms with van der Waals surface area (Å²) >= 11 is 0. The lowest BCUT2D eigenvalue weighted by Gasteiger charge is -2.10. The minimum Gasteiger partial charge on any atom is -0.325 e. The topological polar surface area (TPSA) is 75.3 Å². The molecule has 0 saturated heterocycles. The van der Waals surface area contributed by atoms with Crippen molar-refractivity contribution < 1.29 is 13.2 Å². The molecule has 1 atom stereocenters. The molecule has 0 bridgehead atoms. The molecular formula is C12H18N2O3S. The van der Waals surface area contributed by atoms with Crippen LogP contribution in [0.4, 0.5) is 5.69 Å². The van der Waals surface area contributed by atoms with Gasteiger partial charge in [0.25, 0.3) is 0 Å². The summed E-state index contributed by atoms with van der Waals surface area (Å²) in [4.78, 5) is 11.7. The zero-order valence-corrected chi connectivity index (χ0v) is 11.5. The van der Waals surface area contributed by atoms with Crippen LogP contribution in [-0.2, 0) is 21.2 Å². The van der Waals surface area contributed by atoms with Crippen LogP contribution in [-0.4, -0.2) is 32.9 Å². The highest BCUT2D eigenvalue weighted by molar-refractivity contribution is 7.92. The summed E-state index contributed by atoms with van der Waals surface area (Å²) in [6.07, 6.45) is 1.05. The molecule has 1 unspecified atom stereocenters. The number of hydrogen-bond donors (Lipinski definition) is 2. The lowest BCUT2D eigenvalue weighted by molar-refractivity contribution is -0.115. The first-order valence-electron chi connectivity index (χ1n) is 5.58. The molecule has 18 heavy (non-hydrogen) atoms. The summed E-state index contributed by atoms with van der Waals surface area (Å²) in [5.41, 5.74) is 1.68. The van der Waals surface area contributed by atoms with E-state index >= 15 is 0 Å². The van der Waals surface area contributed by atoms with Crippen LogP contribution in [0, 0.1) is 0 Å². The smallest absolute Gasteiger partial charge is 0.242 e. The molecule has 1 amide bonds. The summed E-state index contributed by atoms with van der Waals surface area (Å²) in [6, 6.07) is 7.24. The predicted molar refractivity (Wildman–Crippen MR) is 72.1 cm³/mol. The minimum atomic E-state index is -3.36. The van der Waals surface area contributed by atoms with Gasteiger partial charge in [-0.15, -0.1) is 0 Å². The molecule has 0 aliphatic heterocycles. The van der Waals surface area contributed by atoms with Crippen LogP contribution >= 0.6 is 0 Å². The van der Waals surface area contributed by atoms with E-state index in [1.807, 2.05) is 19.2 Å². The Hall–Kier alpha value is -1.40. The van der Waals surface area contributed by atoms with Crippen molar-refractivity contribution in [2.45, 2.75) is 18.7 Å². The standard InChI is InChI=1S/C12H18N2O3S/c1-9(18(3,16)17)12(15)14-11-6-4-10(5-7-11)8-13-2/h4-7,9,13H,8H2,1-3H3,(H,14,15). The van der Waals surface area contributed by atoms with Gasteiger partial charge in [0.05, 0.1) is 0 Å². The largest absolute Gasteiger partial charge is 0.325 e.